The summed E-state index contributed by atoms with van der Waals surface area (Å²) in [5.74, 6) is 1.80. The summed E-state index contributed by atoms with van der Waals surface area (Å²) >= 11 is 1.41. The number of nitrogens with zero attached hydrogens (tertiary/aromatic N) is 1. The molecule has 0 radical (unpaired) electrons. The van der Waals surface area contributed by atoms with Crippen LogP contribution in [0.3, 0.4) is 0 Å². The van der Waals surface area contributed by atoms with Crippen LogP contribution in [0.15, 0.2) is 47.4 Å². The Kier molecular flexibility index (Phi) is 6.00. The first kappa shape index (κ1) is 18.1. The molecule has 2 N–H and O–H groups in total. The van der Waals surface area contributed by atoms with Crippen LogP contribution >= 0.6 is 11.8 Å². The maximum atomic E-state index is 12.4. The van der Waals surface area contributed by atoms with E-state index >= 15 is 0 Å². The topological polar surface area (TPSA) is 75.8 Å². The summed E-state index contributed by atoms with van der Waals surface area (Å²) in [6, 6.07) is 15.5. The standard InChI is InChI=1S/C19H19N3O3S/c1-22(11-14-6-7-16-17(10-14)25-13-24-16)12-19(23)21-15-4-2-3-5-18(15)26-9-8-20/h2-7,10H,9,11-13H2,1H3,(H,21,23)/p+1. The summed E-state index contributed by atoms with van der Waals surface area (Å²) in [4.78, 5) is 14.3. The molecule has 0 spiro atoms. The minimum Gasteiger partial charge on any atom is -0.454 e. The van der Waals surface area contributed by atoms with E-state index in [1.807, 2.05) is 49.5 Å². The molecule has 6 nitrogen and oxygen atoms in total. The van der Waals surface area contributed by atoms with Gasteiger partial charge >= 0.3 is 0 Å². The maximum Gasteiger partial charge on any atom is 0.279 e. The third-order valence-electron chi connectivity index (χ3n) is 3.86. The lowest BCUT2D eigenvalue weighted by molar-refractivity contribution is -0.885. The first-order chi connectivity index (χ1) is 12.7. The first-order valence-electron chi connectivity index (χ1n) is 8.24. The quantitative estimate of drug-likeness (QED) is 0.726. The number of para-hydroxylation sites is 1. The van der Waals surface area contributed by atoms with Gasteiger partial charge in [0.1, 0.15) is 6.54 Å². The highest BCUT2D eigenvalue weighted by molar-refractivity contribution is 7.99. The Bertz CT molecular complexity index is 835. The molecule has 0 saturated heterocycles. The van der Waals surface area contributed by atoms with Crippen LogP contribution in [0, 0.1) is 11.3 Å². The number of ether oxygens (including phenoxy) is 2. The van der Waals surface area contributed by atoms with E-state index in [9.17, 15) is 4.79 Å². The van der Waals surface area contributed by atoms with Crippen LogP contribution < -0.4 is 19.7 Å². The molecule has 1 aliphatic rings. The fourth-order valence-electron chi connectivity index (χ4n) is 2.74. The van der Waals surface area contributed by atoms with E-state index in [1.54, 1.807) is 0 Å². The van der Waals surface area contributed by atoms with Crippen LogP contribution in [0.4, 0.5) is 5.69 Å². The number of thioether (sulfide) groups is 1. The van der Waals surface area contributed by atoms with Crippen molar-refractivity contribution >= 4 is 23.4 Å². The fraction of sp³-hybridized carbons (Fsp3) is 0.263. The van der Waals surface area contributed by atoms with E-state index < -0.39 is 0 Å². The normalized spacial score (nSPS) is 13.1. The highest BCUT2D eigenvalue weighted by atomic mass is 32.2. The number of rotatable bonds is 7. The third kappa shape index (κ3) is 4.69. The summed E-state index contributed by atoms with van der Waals surface area (Å²) in [7, 11) is 1.97. The number of hydrogen-bond donors (Lipinski definition) is 2. The van der Waals surface area contributed by atoms with Gasteiger partial charge in [0.15, 0.2) is 18.0 Å². The zero-order valence-electron chi connectivity index (χ0n) is 14.5. The van der Waals surface area contributed by atoms with Gasteiger partial charge in [-0.05, 0) is 30.3 Å². The molecule has 2 aromatic rings. The van der Waals surface area contributed by atoms with Crippen molar-refractivity contribution in [3.8, 4) is 17.6 Å². The zero-order valence-corrected chi connectivity index (χ0v) is 15.3. The minimum absolute atomic E-state index is 0.0618. The number of hydrogen-bond acceptors (Lipinski definition) is 5. The predicted octanol–water partition coefficient (Wildman–Crippen LogP) is 1.68. The lowest BCUT2D eigenvalue weighted by atomic mass is 10.2. The van der Waals surface area contributed by atoms with Crippen LogP contribution in [-0.2, 0) is 11.3 Å². The fourth-order valence-corrected chi connectivity index (χ4v) is 3.41. The number of anilines is 1. The van der Waals surface area contributed by atoms with Gasteiger partial charge in [0.05, 0.1) is 24.6 Å². The molecule has 3 rings (SSSR count). The van der Waals surface area contributed by atoms with E-state index in [0.29, 0.717) is 18.8 Å². The van der Waals surface area contributed by atoms with Gasteiger partial charge in [-0.2, -0.15) is 5.26 Å². The molecule has 1 atom stereocenters. The lowest BCUT2D eigenvalue weighted by Gasteiger charge is -2.15. The van der Waals surface area contributed by atoms with Gasteiger partial charge in [0, 0.05) is 10.5 Å². The second kappa shape index (κ2) is 8.61. The van der Waals surface area contributed by atoms with Crippen LogP contribution in [0.2, 0.25) is 0 Å². The Labute approximate surface area is 156 Å². The number of carbonyl (C=O) groups is 1. The van der Waals surface area contributed by atoms with Crippen molar-refractivity contribution in [2.24, 2.45) is 0 Å². The average Bonchev–Trinajstić information content (AvgIpc) is 3.08. The molecular weight excluding hydrogens is 350 g/mol. The first-order valence-corrected chi connectivity index (χ1v) is 9.22. The molecule has 1 heterocycles. The van der Waals surface area contributed by atoms with E-state index in [0.717, 1.165) is 32.5 Å². The molecule has 0 aromatic heterocycles. The molecule has 1 amide bonds. The van der Waals surface area contributed by atoms with E-state index in [1.165, 1.54) is 11.8 Å². The van der Waals surface area contributed by atoms with Crippen molar-refractivity contribution in [2.75, 3.05) is 31.5 Å². The van der Waals surface area contributed by atoms with Crippen LogP contribution in [0.25, 0.3) is 0 Å². The molecule has 2 aromatic carbocycles. The van der Waals surface area contributed by atoms with Gasteiger partial charge in [-0.15, -0.1) is 11.8 Å². The van der Waals surface area contributed by atoms with E-state index in [2.05, 4.69) is 11.4 Å². The number of amides is 1. The SMILES string of the molecule is C[NH+](CC(=O)Nc1ccccc1SCC#N)Cc1ccc2c(c1)OCO2. The van der Waals surface area contributed by atoms with Crippen molar-refractivity contribution < 1.29 is 19.2 Å². The second-order valence-electron chi connectivity index (χ2n) is 5.99. The molecule has 26 heavy (non-hydrogen) atoms. The van der Waals surface area contributed by atoms with Crippen LogP contribution in [0.1, 0.15) is 5.56 Å². The van der Waals surface area contributed by atoms with Gasteiger partial charge in [-0.25, -0.2) is 0 Å². The molecule has 0 fully saturated rings. The Hall–Kier alpha value is -2.69. The molecule has 1 unspecified atom stereocenters. The Morgan fingerprint density at radius 1 is 1.27 bits per heavy atom. The minimum atomic E-state index is -0.0618. The zero-order chi connectivity index (χ0) is 18.4. The van der Waals surface area contributed by atoms with Gasteiger partial charge in [-0.3, -0.25) is 4.79 Å². The largest absolute Gasteiger partial charge is 0.454 e. The van der Waals surface area contributed by atoms with Gasteiger partial charge in [0.25, 0.3) is 5.91 Å². The number of benzene rings is 2. The number of quaternary nitrogens is 1. The van der Waals surface area contributed by atoms with E-state index in [-0.39, 0.29) is 12.7 Å². The van der Waals surface area contributed by atoms with Crippen LogP contribution in [-0.4, -0.2) is 32.0 Å². The van der Waals surface area contributed by atoms with Crippen molar-refractivity contribution in [1.82, 2.24) is 0 Å². The molecule has 0 bridgehead atoms. The smallest absolute Gasteiger partial charge is 0.279 e. The Balaban J connectivity index is 1.56. The number of likely N-dealkylation sites (N-methyl/N-ethyl adjacent to an activating group) is 1. The van der Waals surface area contributed by atoms with Crippen molar-refractivity contribution in [1.29, 1.82) is 5.26 Å². The van der Waals surface area contributed by atoms with Gasteiger partial charge in [-0.1, -0.05) is 12.1 Å². The molecule has 7 heteroatoms. The Morgan fingerprint density at radius 3 is 2.92 bits per heavy atom. The highest BCUT2D eigenvalue weighted by Gasteiger charge is 2.16. The lowest BCUT2D eigenvalue weighted by Crippen LogP contribution is -3.08. The summed E-state index contributed by atoms with van der Waals surface area (Å²) in [5.41, 5.74) is 1.83. The predicted molar refractivity (Wildman–Crippen MR) is 99.4 cm³/mol. The highest BCUT2D eigenvalue weighted by Crippen LogP contribution is 2.32. The Morgan fingerprint density at radius 2 is 2.08 bits per heavy atom. The number of nitriles is 1. The summed E-state index contributed by atoms with van der Waals surface area (Å²) < 4.78 is 10.7. The maximum absolute atomic E-state index is 12.4. The van der Waals surface area contributed by atoms with Gasteiger partial charge < -0.3 is 19.7 Å². The third-order valence-corrected chi connectivity index (χ3v) is 4.80. The number of nitrogens with one attached hydrogen (secondary N) is 2. The van der Waals surface area contributed by atoms with Gasteiger partial charge in [0.2, 0.25) is 6.79 Å². The molecule has 134 valence electrons. The molecular formula is C19H20N3O3S+. The van der Waals surface area contributed by atoms with Crippen molar-refractivity contribution in [3.63, 3.8) is 0 Å². The summed E-state index contributed by atoms with van der Waals surface area (Å²) in [6.07, 6.45) is 0. The number of fused-ring (bicyclic) bond motifs is 1. The monoisotopic (exact) mass is 370 g/mol. The summed E-state index contributed by atoms with van der Waals surface area (Å²) in [5, 5.41) is 11.7. The molecule has 0 saturated carbocycles. The van der Waals surface area contributed by atoms with Crippen LogP contribution in [0.5, 0.6) is 11.5 Å². The second-order valence-corrected chi connectivity index (χ2v) is 7.01. The average molecular weight is 370 g/mol. The molecule has 0 aliphatic carbocycles. The van der Waals surface area contributed by atoms with E-state index in [4.69, 9.17) is 14.7 Å². The molecule has 1 aliphatic heterocycles. The number of carbonyl (C=O) groups excluding carboxylic acids is 1. The van der Waals surface area contributed by atoms with Crippen molar-refractivity contribution in [2.45, 2.75) is 11.4 Å². The summed E-state index contributed by atoms with van der Waals surface area (Å²) in [6.45, 7) is 1.30. The van der Waals surface area contributed by atoms with Crippen molar-refractivity contribution in [3.05, 3.63) is 48.0 Å².